The predicted molar refractivity (Wildman–Crippen MR) is 50.6 cm³/mol. The van der Waals surface area contributed by atoms with Crippen LogP contribution in [-0.2, 0) is 4.79 Å². The Bertz CT molecular complexity index is 508. The zero-order valence-corrected chi connectivity index (χ0v) is 7.81. The summed E-state index contributed by atoms with van der Waals surface area (Å²) in [5.74, 6) is -0.680. The molecule has 0 spiro atoms. The molecule has 1 N–H and O–H groups in total. The maximum Gasteiger partial charge on any atom is 0.240 e. The van der Waals surface area contributed by atoms with Gasteiger partial charge in [-0.3, -0.25) is 4.79 Å². The van der Waals surface area contributed by atoms with Crippen LogP contribution in [0.4, 0.5) is 5.69 Å². The number of aromatic hydroxyl groups is 1. The Morgan fingerprint density at radius 3 is 2.67 bits per heavy atom. The molecule has 0 aliphatic heterocycles. The molecule has 0 bridgehead atoms. The van der Waals surface area contributed by atoms with Gasteiger partial charge in [0.1, 0.15) is 11.8 Å². The summed E-state index contributed by atoms with van der Waals surface area (Å²) in [6.07, 6.45) is 1.26. The maximum absolute atomic E-state index is 11.0. The Morgan fingerprint density at radius 1 is 1.53 bits per heavy atom. The number of ketones is 1. The summed E-state index contributed by atoms with van der Waals surface area (Å²) in [6.45, 7) is 1.26. The number of rotatable bonds is 2. The molecule has 0 saturated carbocycles. The first-order valence-electron chi connectivity index (χ1n) is 3.96. The Balaban J connectivity index is 3.50. The zero-order chi connectivity index (χ0) is 11.4. The molecule has 1 rings (SSSR count). The van der Waals surface area contributed by atoms with Gasteiger partial charge in [0.2, 0.25) is 6.08 Å². The molecule has 0 aromatic heterocycles. The summed E-state index contributed by atoms with van der Waals surface area (Å²) in [7, 11) is 0. The molecule has 0 unspecified atom stereocenters. The van der Waals surface area contributed by atoms with Gasteiger partial charge in [0.05, 0.1) is 16.8 Å². The van der Waals surface area contributed by atoms with Crippen molar-refractivity contribution in [2.75, 3.05) is 0 Å². The number of phenolic OH excluding ortho intramolecular Hbond substituents is 1. The van der Waals surface area contributed by atoms with Crippen molar-refractivity contribution in [1.82, 2.24) is 0 Å². The molecule has 1 aromatic carbocycles. The minimum atomic E-state index is -0.370. The van der Waals surface area contributed by atoms with E-state index in [0.29, 0.717) is 0 Å². The van der Waals surface area contributed by atoms with E-state index in [1.807, 2.05) is 0 Å². The molecular weight excluding hydrogens is 196 g/mol. The number of nitrogens with zero attached hydrogens (tertiary/aromatic N) is 2. The lowest BCUT2D eigenvalue weighted by Crippen LogP contribution is -1.93. The topological polar surface area (TPSA) is 90.5 Å². The van der Waals surface area contributed by atoms with Crippen LogP contribution >= 0.6 is 0 Å². The Morgan fingerprint density at radius 2 is 2.20 bits per heavy atom. The number of aliphatic imine (C=N–C) groups is 1. The average Bonchev–Trinajstić information content (AvgIpc) is 2.18. The van der Waals surface area contributed by atoms with Crippen LogP contribution in [0.1, 0.15) is 22.8 Å². The third kappa shape index (κ3) is 2.08. The fourth-order valence-corrected chi connectivity index (χ4v) is 1.09. The first-order valence-corrected chi connectivity index (χ1v) is 3.96. The van der Waals surface area contributed by atoms with Crippen molar-refractivity contribution in [3.8, 4) is 11.8 Å². The summed E-state index contributed by atoms with van der Waals surface area (Å²) in [5.41, 5.74) is 0.0627. The van der Waals surface area contributed by atoms with Crippen LogP contribution in [0.25, 0.3) is 0 Å². The van der Waals surface area contributed by atoms with E-state index in [0.717, 1.165) is 6.07 Å². The second kappa shape index (κ2) is 4.18. The first-order chi connectivity index (χ1) is 7.10. The standard InChI is InChI=1S/C10H6N2O3/c1-6(14)8-2-7(4-11)9(12-5-13)3-10(8)15/h2-3,15H,1H3. The maximum atomic E-state index is 11.0. The largest absolute Gasteiger partial charge is 0.507 e. The van der Waals surface area contributed by atoms with Crippen LogP contribution in [0.15, 0.2) is 17.1 Å². The molecule has 0 aliphatic rings. The molecule has 0 heterocycles. The summed E-state index contributed by atoms with van der Waals surface area (Å²) in [5, 5.41) is 18.1. The summed E-state index contributed by atoms with van der Waals surface area (Å²) in [4.78, 5) is 24.3. The van der Waals surface area contributed by atoms with Crippen molar-refractivity contribution < 1.29 is 14.7 Å². The Kier molecular flexibility index (Phi) is 2.97. The number of carbonyl (C=O) groups is 1. The first kappa shape index (κ1) is 10.6. The SMILES string of the molecule is CC(=O)c1cc(C#N)c(N=C=O)cc1O. The highest BCUT2D eigenvalue weighted by molar-refractivity contribution is 5.97. The lowest BCUT2D eigenvalue weighted by Gasteiger charge is -2.02. The number of carbonyl (C=O) groups excluding carboxylic acids is 2. The molecular formula is C10H6N2O3. The van der Waals surface area contributed by atoms with Gasteiger partial charge in [-0.05, 0) is 13.0 Å². The minimum absolute atomic E-state index is 0.00463. The normalized spacial score (nSPS) is 8.80. The molecule has 5 nitrogen and oxygen atoms in total. The molecule has 0 radical (unpaired) electrons. The van der Waals surface area contributed by atoms with E-state index in [4.69, 9.17) is 5.26 Å². The van der Waals surface area contributed by atoms with E-state index < -0.39 is 0 Å². The number of hydrogen-bond donors (Lipinski definition) is 1. The fraction of sp³-hybridized carbons (Fsp3) is 0.100. The van der Waals surface area contributed by atoms with E-state index in [-0.39, 0.29) is 28.3 Å². The van der Waals surface area contributed by atoms with Gasteiger partial charge < -0.3 is 5.11 Å². The molecule has 0 atom stereocenters. The quantitative estimate of drug-likeness (QED) is 0.446. The van der Waals surface area contributed by atoms with Gasteiger partial charge >= 0.3 is 0 Å². The van der Waals surface area contributed by atoms with Gasteiger partial charge in [-0.25, -0.2) is 4.79 Å². The summed E-state index contributed by atoms with van der Waals surface area (Å²) < 4.78 is 0. The molecule has 0 fully saturated rings. The van der Waals surface area contributed by atoms with Crippen LogP contribution < -0.4 is 0 Å². The smallest absolute Gasteiger partial charge is 0.240 e. The monoisotopic (exact) mass is 202 g/mol. The number of nitriles is 1. The van der Waals surface area contributed by atoms with Gasteiger partial charge in [0.25, 0.3) is 0 Å². The minimum Gasteiger partial charge on any atom is -0.507 e. The number of Topliss-reactive ketones (excluding diaryl/α,β-unsaturated/α-hetero) is 1. The lowest BCUT2D eigenvalue weighted by atomic mass is 10.1. The highest BCUT2D eigenvalue weighted by Gasteiger charge is 2.11. The van der Waals surface area contributed by atoms with Gasteiger partial charge in [-0.15, -0.1) is 0 Å². The van der Waals surface area contributed by atoms with Gasteiger partial charge in [-0.1, -0.05) is 0 Å². The summed E-state index contributed by atoms with van der Waals surface area (Å²) in [6, 6.07) is 4.04. The van der Waals surface area contributed by atoms with Crippen LogP contribution in [0, 0.1) is 11.3 Å². The van der Waals surface area contributed by atoms with Crippen LogP contribution in [0.3, 0.4) is 0 Å². The van der Waals surface area contributed by atoms with Crippen LogP contribution in [-0.4, -0.2) is 17.0 Å². The third-order valence-electron chi connectivity index (χ3n) is 1.78. The van der Waals surface area contributed by atoms with Crippen molar-refractivity contribution in [3.63, 3.8) is 0 Å². The highest BCUT2D eigenvalue weighted by atomic mass is 16.3. The Hall–Kier alpha value is -2.44. The highest BCUT2D eigenvalue weighted by Crippen LogP contribution is 2.28. The van der Waals surface area contributed by atoms with Crippen molar-refractivity contribution in [2.45, 2.75) is 6.92 Å². The second-order valence-corrected chi connectivity index (χ2v) is 2.76. The fourth-order valence-electron chi connectivity index (χ4n) is 1.09. The van der Waals surface area contributed by atoms with Crippen molar-refractivity contribution >= 4 is 17.6 Å². The van der Waals surface area contributed by atoms with Gasteiger partial charge in [-0.2, -0.15) is 10.3 Å². The molecule has 0 amide bonds. The van der Waals surface area contributed by atoms with E-state index in [1.165, 1.54) is 19.1 Å². The predicted octanol–water partition coefficient (Wildman–Crippen LogP) is 1.43. The Labute approximate surface area is 85.3 Å². The number of isocyanates is 1. The third-order valence-corrected chi connectivity index (χ3v) is 1.78. The lowest BCUT2D eigenvalue weighted by molar-refractivity contribution is 0.101. The average molecular weight is 202 g/mol. The number of benzene rings is 1. The van der Waals surface area contributed by atoms with Gasteiger partial charge in [0, 0.05) is 6.07 Å². The van der Waals surface area contributed by atoms with E-state index in [1.54, 1.807) is 6.07 Å². The van der Waals surface area contributed by atoms with Crippen molar-refractivity contribution in [1.29, 1.82) is 5.26 Å². The molecule has 0 aliphatic carbocycles. The van der Waals surface area contributed by atoms with E-state index in [2.05, 4.69) is 4.99 Å². The molecule has 5 heteroatoms. The van der Waals surface area contributed by atoms with Gasteiger partial charge in [0.15, 0.2) is 5.78 Å². The van der Waals surface area contributed by atoms with E-state index >= 15 is 0 Å². The number of phenols is 1. The van der Waals surface area contributed by atoms with Crippen molar-refractivity contribution in [2.24, 2.45) is 4.99 Å². The van der Waals surface area contributed by atoms with Crippen LogP contribution in [0.2, 0.25) is 0 Å². The van der Waals surface area contributed by atoms with E-state index in [9.17, 15) is 14.7 Å². The molecule has 1 aromatic rings. The summed E-state index contributed by atoms with van der Waals surface area (Å²) >= 11 is 0. The zero-order valence-electron chi connectivity index (χ0n) is 7.81. The molecule has 0 saturated heterocycles. The van der Waals surface area contributed by atoms with Crippen LogP contribution in [0.5, 0.6) is 5.75 Å². The number of hydrogen-bond acceptors (Lipinski definition) is 5. The second-order valence-electron chi connectivity index (χ2n) is 2.76. The molecule has 74 valence electrons. The molecule has 15 heavy (non-hydrogen) atoms. The van der Waals surface area contributed by atoms with Crippen molar-refractivity contribution in [3.05, 3.63) is 23.3 Å².